The van der Waals surface area contributed by atoms with Crippen LogP contribution in [0, 0.1) is 0 Å². The number of tetrazole rings is 1. The molecule has 2 aromatic rings. The standard InChI is InChI=1S/C16H15BrN8O4S3/c1-24-16(21-22-23-24)32-4-6-3-30-13-9(12(27)25(13)10(6)14(28)29)20-11(26)7(2-17)8-5-31-15(18)19-8/h2,5,9,13H,3-4H2,1H3,(H2,18,19)(H,20,26)(H,28,29)/b7-2+/t9?,13-/m1/s1. The van der Waals surface area contributed by atoms with Crippen molar-refractivity contribution in [3.8, 4) is 0 Å². The Kier molecular flexibility index (Phi) is 6.55. The summed E-state index contributed by atoms with van der Waals surface area (Å²) in [6, 6.07) is -0.850. The SMILES string of the molecule is Cn1nnnc1SCC1=C(C(=O)O)N2C(=O)C(NC(=O)/C(=C/Br)c3csc(N)n3)[C@H]2SC1. The highest BCUT2D eigenvalue weighted by molar-refractivity contribution is 9.11. The number of aryl methyl sites for hydroxylation is 1. The van der Waals surface area contributed by atoms with Crippen molar-refractivity contribution in [3.05, 3.63) is 27.3 Å². The van der Waals surface area contributed by atoms with Gasteiger partial charge in [-0.3, -0.25) is 14.5 Å². The Labute approximate surface area is 201 Å². The van der Waals surface area contributed by atoms with Crippen LogP contribution in [0.3, 0.4) is 0 Å². The van der Waals surface area contributed by atoms with Crippen molar-refractivity contribution in [2.75, 3.05) is 17.2 Å². The van der Waals surface area contributed by atoms with Gasteiger partial charge >= 0.3 is 5.97 Å². The molecule has 2 aliphatic heterocycles. The normalized spacial score (nSPS) is 20.8. The van der Waals surface area contributed by atoms with Crippen LogP contribution in [-0.4, -0.2) is 75.9 Å². The van der Waals surface area contributed by atoms with Crippen LogP contribution < -0.4 is 11.1 Å². The predicted octanol–water partition coefficient (Wildman–Crippen LogP) is 0.516. The maximum absolute atomic E-state index is 12.8. The second-order valence-corrected chi connectivity index (χ2v) is 9.98. The number of nitrogens with one attached hydrogen (secondary N) is 1. The number of anilines is 1. The first-order chi connectivity index (χ1) is 15.3. The Morgan fingerprint density at radius 2 is 2.28 bits per heavy atom. The zero-order valence-corrected chi connectivity index (χ0v) is 20.3. The topological polar surface area (TPSA) is 169 Å². The Balaban J connectivity index is 1.48. The maximum atomic E-state index is 12.8. The molecule has 1 unspecified atom stereocenters. The highest BCUT2D eigenvalue weighted by Gasteiger charge is 2.54. The molecule has 4 heterocycles. The number of nitrogens with two attached hydrogens (primary N) is 1. The summed E-state index contributed by atoms with van der Waals surface area (Å²) in [5.41, 5.74) is 6.76. The Morgan fingerprint density at radius 3 is 2.88 bits per heavy atom. The largest absolute Gasteiger partial charge is 0.477 e. The van der Waals surface area contributed by atoms with Crippen LogP contribution in [0.25, 0.3) is 5.57 Å². The third-order valence-electron chi connectivity index (χ3n) is 4.64. The number of hydrogen-bond acceptors (Lipinski definition) is 11. The minimum absolute atomic E-state index is 0.0598. The summed E-state index contributed by atoms with van der Waals surface area (Å²) in [7, 11) is 1.68. The monoisotopic (exact) mass is 558 g/mol. The molecule has 32 heavy (non-hydrogen) atoms. The van der Waals surface area contributed by atoms with E-state index in [1.807, 2.05) is 0 Å². The molecule has 2 aromatic heterocycles. The lowest BCUT2D eigenvalue weighted by Gasteiger charge is -2.49. The van der Waals surface area contributed by atoms with Crippen LogP contribution in [-0.2, 0) is 21.4 Å². The van der Waals surface area contributed by atoms with Gasteiger partial charge in [0, 0.05) is 23.9 Å². The van der Waals surface area contributed by atoms with E-state index in [-0.39, 0.29) is 11.3 Å². The van der Waals surface area contributed by atoms with Gasteiger partial charge in [0.25, 0.3) is 11.8 Å². The molecule has 0 aromatic carbocycles. The van der Waals surface area contributed by atoms with E-state index in [0.29, 0.717) is 33.1 Å². The van der Waals surface area contributed by atoms with Crippen molar-refractivity contribution in [3.63, 3.8) is 0 Å². The average Bonchev–Trinajstić information content (AvgIpc) is 3.37. The summed E-state index contributed by atoms with van der Waals surface area (Å²) in [4.78, 5) is 44.2. The van der Waals surface area contributed by atoms with Gasteiger partial charge in [0.2, 0.25) is 5.16 Å². The van der Waals surface area contributed by atoms with Crippen LogP contribution in [0.15, 0.2) is 26.8 Å². The molecule has 0 radical (unpaired) electrons. The van der Waals surface area contributed by atoms with E-state index in [4.69, 9.17) is 5.73 Å². The number of hydrogen-bond donors (Lipinski definition) is 3. The van der Waals surface area contributed by atoms with Gasteiger partial charge in [0.05, 0.1) is 11.3 Å². The molecular formula is C16H15BrN8O4S3. The van der Waals surface area contributed by atoms with E-state index in [1.54, 1.807) is 12.4 Å². The minimum atomic E-state index is -1.20. The fraction of sp³-hybridized carbons (Fsp3) is 0.312. The van der Waals surface area contributed by atoms with Crippen LogP contribution in [0.4, 0.5) is 5.13 Å². The molecule has 0 saturated carbocycles. The third-order valence-corrected chi connectivity index (χ3v) is 8.21. The molecule has 12 nitrogen and oxygen atoms in total. The molecule has 2 aliphatic rings. The lowest BCUT2D eigenvalue weighted by atomic mass is 10.0. The van der Waals surface area contributed by atoms with Crippen LogP contribution >= 0.6 is 50.8 Å². The number of nitrogens with zero attached hydrogens (tertiary/aromatic N) is 6. The fourth-order valence-electron chi connectivity index (χ4n) is 3.14. The van der Waals surface area contributed by atoms with Gasteiger partial charge in [-0.05, 0) is 21.0 Å². The minimum Gasteiger partial charge on any atom is -0.477 e. The van der Waals surface area contributed by atoms with E-state index in [9.17, 15) is 19.5 Å². The zero-order chi connectivity index (χ0) is 23.0. The second kappa shape index (κ2) is 9.21. The van der Waals surface area contributed by atoms with E-state index in [1.165, 1.54) is 49.4 Å². The first-order valence-corrected chi connectivity index (χ1v) is 12.7. The van der Waals surface area contributed by atoms with E-state index >= 15 is 0 Å². The van der Waals surface area contributed by atoms with E-state index < -0.39 is 29.2 Å². The lowest BCUT2D eigenvalue weighted by molar-refractivity contribution is -0.150. The van der Waals surface area contributed by atoms with Crippen LogP contribution in [0.5, 0.6) is 0 Å². The molecule has 168 valence electrons. The summed E-state index contributed by atoms with van der Waals surface area (Å²) in [5.74, 6) is -1.48. The molecule has 2 amide bonds. The van der Waals surface area contributed by atoms with Crippen LogP contribution in [0.1, 0.15) is 5.69 Å². The summed E-state index contributed by atoms with van der Waals surface area (Å²) >= 11 is 7.01. The maximum Gasteiger partial charge on any atom is 0.352 e. The number of carbonyl (C=O) groups excluding carboxylic acids is 2. The molecule has 1 fully saturated rings. The molecule has 1 saturated heterocycles. The number of carboxylic acids is 1. The first-order valence-electron chi connectivity index (χ1n) is 8.89. The van der Waals surface area contributed by atoms with E-state index in [2.05, 4.69) is 41.8 Å². The molecule has 16 heteroatoms. The fourth-order valence-corrected chi connectivity index (χ4v) is 6.48. The predicted molar refractivity (Wildman–Crippen MR) is 123 cm³/mol. The van der Waals surface area contributed by atoms with Crippen molar-refractivity contribution < 1.29 is 19.5 Å². The third kappa shape index (κ3) is 4.14. The Hall–Kier alpha value is -2.43. The van der Waals surface area contributed by atoms with Crippen molar-refractivity contribution in [2.45, 2.75) is 16.6 Å². The molecule has 4 rings (SSSR count). The van der Waals surface area contributed by atoms with Gasteiger partial charge in [0.1, 0.15) is 17.1 Å². The van der Waals surface area contributed by atoms with Crippen LogP contribution in [0.2, 0.25) is 0 Å². The number of rotatable bonds is 7. The summed E-state index contributed by atoms with van der Waals surface area (Å²) in [6.07, 6.45) is 0. The van der Waals surface area contributed by atoms with E-state index in [0.717, 1.165) is 0 Å². The molecule has 4 N–H and O–H groups in total. The quantitative estimate of drug-likeness (QED) is 0.246. The number of carboxylic acid groups (broad SMARTS) is 1. The van der Waals surface area contributed by atoms with Gasteiger partial charge in [-0.25, -0.2) is 14.5 Å². The van der Waals surface area contributed by atoms with Gasteiger partial charge < -0.3 is 16.2 Å². The molecular weight excluding hydrogens is 544 g/mol. The number of fused-ring (bicyclic) bond motifs is 1. The second-order valence-electron chi connectivity index (χ2n) is 6.59. The number of thioether (sulfide) groups is 2. The number of aliphatic carboxylic acids is 1. The Morgan fingerprint density at radius 1 is 1.50 bits per heavy atom. The summed E-state index contributed by atoms with van der Waals surface area (Å²) in [6.45, 7) is 0. The van der Waals surface area contributed by atoms with Crippen molar-refractivity contribution in [1.82, 2.24) is 35.4 Å². The van der Waals surface area contributed by atoms with Gasteiger partial charge in [0.15, 0.2) is 5.13 Å². The number of amides is 2. The van der Waals surface area contributed by atoms with Gasteiger partial charge in [-0.15, -0.1) is 28.2 Å². The Bertz CT molecular complexity index is 1160. The first kappa shape index (κ1) is 22.8. The summed E-state index contributed by atoms with van der Waals surface area (Å²) < 4.78 is 1.48. The number of β-lactam (4-membered cyclic amide) rings is 1. The van der Waals surface area contributed by atoms with Gasteiger partial charge in [-0.2, -0.15) is 0 Å². The number of carbonyl (C=O) groups is 3. The number of nitrogen functional groups attached to an aromatic ring is 1. The average molecular weight is 559 g/mol. The molecule has 0 bridgehead atoms. The number of thiazole rings is 1. The number of halogens is 1. The van der Waals surface area contributed by atoms with Crippen molar-refractivity contribution >= 4 is 79.3 Å². The lowest BCUT2D eigenvalue weighted by Crippen LogP contribution is -2.70. The van der Waals surface area contributed by atoms with Gasteiger partial charge in [-0.1, -0.05) is 27.7 Å². The molecule has 0 aliphatic carbocycles. The number of aromatic nitrogens is 5. The highest BCUT2D eigenvalue weighted by Crippen LogP contribution is 2.41. The zero-order valence-electron chi connectivity index (χ0n) is 16.3. The molecule has 2 atom stereocenters. The highest BCUT2D eigenvalue weighted by atomic mass is 79.9. The smallest absolute Gasteiger partial charge is 0.352 e. The summed E-state index contributed by atoms with van der Waals surface area (Å²) in [5, 5.41) is 25.6. The molecule has 0 spiro atoms. The van der Waals surface area contributed by atoms with Crippen molar-refractivity contribution in [1.29, 1.82) is 0 Å². The van der Waals surface area contributed by atoms with Crippen molar-refractivity contribution in [2.24, 2.45) is 7.05 Å².